The first-order valence-corrected chi connectivity index (χ1v) is 10.1. The van der Waals surface area contributed by atoms with Crippen LogP contribution < -0.4 is 10.1 Å². The molecule has 0 spiro atoms. The number of hydrogen-bond donors (Lipinski definition) is 1. The molecule has 0 bridgehead atoms. The molecule has 0 radical (unpaired) electrons. The van der Waals surface area contributed by atoms with E-state index in [1.807, 2.05) is 71.0 Å². The second kappa shape index (κ2) is 7.88. The Morgan fingerprint density at radius 2 is 1.93 bits per heavy atom. The van der Waals surface area contributed by atoms with Crippen molar-refractivity contribution in [1.29, 1.82) is 0 Å². The summed E-state index contributed by atoms with van der Waals surface area (Å²) in [5, 5.41) is 7.83. The Hall–Kier alpha value is -2.73. The van der Waals surface area contributed by atoms with Gasteiger partial charge in [0.05, 0.1) is 18.5 Å². The second-order valence-electron chi connectivity index (χ2n) is 6.41. The number of nitrogens with one attached hydrogen (secondary N) is 1. The Bertz CT molecular complexity index is 936. The molecule has 0 aliphatic carbocycles. The molecule has 0 fully saturated rings. The molecule has 0 saturated heterocycles. The fraction of sp³-hybridized carbons (Fsp3) is 0.238. The number of fused-ring (bicyclic) bond motifs is 1. The first-order chi connectivity index (χ1) is 13.2. The number of rotatable bonds is 6. The molecular weight excluding hydrogens is 358 g/mol. The zero-order chi connectivity index (χ0) is 18.6. The van der Waals surface area contributed by atoms with Crippen LogP contribution in [0, 0.1) is 0 Å². The number of nitrogens with zero attached hydrogens (tertiary/aromatic N) is 2. The molecule has 1 aliphatic heterocycles. The highest BCUT2D eigenvalue weighted by atomic mass is 32.2. The van der Waals surface area contributed by atoms with Gasteiger partial charge in [-0.1, -0.05) is 30.3 Å². The van der Waals surface area contributed by atoms with Crippen molar-refractivity contribution in [2.75, 3.05) is 12.4 Å². The first kappa shape index (κ1) is 17.7. The number of benzene rings is 2. The number of ether oxygens (including phenoxy) is 1. The number of amides is 1. The summed E-state index contributed by atoms with van der Waals surface area (Å²) in [6.07, 6.45) is 1.17. The zero-order valence-electron chi connectivity index (χ0n) is 15.1. The molecule has 5 nitrogen and oxygen atoms in total. The third-order valence-electron chi connectivity index (χ3n) is 4.61. The second-order valence-corrected chi connectivity index (χ2v) is 7.40. The zero-order valence-corrected chi connectivity index (χ0v) is 16.0. The minimum atomic E-state index is 0.00761. The molecule has 3 aromatic rings. The SMILES string of the molecule is COc1ccc(-n2nc3c(c2NC(=O)CCc2ccccc2)CSC3)cc1. The van der Waals surface area contributed by atoms with E-state index in [-0.39, 0.29) is 5.91 Å². The maximum Gasteiger partial charge on any atom is 0.225 e. The minimum Gasteiger partial charge on any atom is -0.497 e. The maximum atomic E-state index is 12.6. The van der Waals surface area contributed by atoms with Crippen LogP contribution in [-0.2, 0) is 22.7 Å². The summed E-state index contributed by atoms with van der Waals surface area (Å²) >= 11 is 1.82. The summed E-state index contributed by atoms with van der Waals surface area (Å²) in [6, 6.07) is 17.8. The number of methoxy groups -OCH3 is 1. The summed E-state index contributed by atoms with van der Waals surface area (Å²) in [5.41, 5.74) is 4.25. The topological polar surface area (TPSA) is 56.1 Å². The number of hydrogen-bond acceptors (Lipinski definition) is 4. The van der Waals surface area contributed by atoms with E-state index in [4.69, 9.17) is 9.84 Å². The number of aryl methyl sites for hydroxylation is 1. The summed E-state index contributed by atoms with van der Waals surface area (Å²) in [5.74, 6) is 3.35. The smallest absolute Gasteiger partial charge is 0.225 e. The molecular formula is C21H21N3O2S. The first-order valence-electron chi connectivity index (χ1n) is 8.91. The van der Waals surface area contributed by atoms with E-state index in [9.17, 15) is 4.79 Å². The van der Waals surface area contributed by atoms with Crippen LogP contribution in [0.3, 0.4) is 0 Å². The number of anilines is 1. The van der Waals surface area contributed by atoms with Crippen LogP contribution >= 0.6 is 11.8 Å². The molecule has 6 heteroatoms. The Kier molecular flexibility index (Phi) is 5.16. The van der Waals surface area contributed by atoms with Gasteiger partial charge >= 0.3 is 0 Å². The van der Waals surface area contributed by atoms with Crippen molar-refractivity contribution in [1.82, 2.24) is 9.78 Å². The number of carbonyl (C=O) groups is 1. The van der Waals surface area contributed by atoms with Gasteiger partial charge in [0.25, 0.3) is 0 Å². The molecule has 0 unspecified atom stereocenters. The van der Waals surface area contributed by atoms with Crippen LogP contribution in [0.4, 0.5) is 5.82 Å². The predicted octanol–water partition coefficient (Wildman–Crippen LogP) is 4.20. The highest BCUT2D eigenvalue weighted by Crippen LogP contribution is 2.36. The van der Waals surface area contributed by atoms with E-state index in [1.54, 1.807) is 7.11 Å². The van der Waals surface area contributed by atoms with Crippen LogP contribution in [0.25, 0.3) is 5.69 Å². The maximum absolute atomic E-state index is 12.6. The summed E-state index contributed by atoms with van der Waals surface area (Å²) in [6.45, 7) is 0. The van der Waals surface area contributed by atoms with Gasteiger partial charge in [-0.05, 0) is 36.2 Å². The molecule has 2 heterocycles. The predicted molar refractivity (Wildman–Crippen MR) is 109 cm³/mol. The van der Waals surface area contributed by atoms with Crippen molar-refractivity contribution in [3.63, 3.8) is 0 Å². The summed E-state index contributed by atoms with van der Waals surface area (Å²) in [4.78, 5) is 12.6. The molecule has 27 heavy (non-hydrogen) atoms. The Morgan fingerprint density at radius 3 is 2.67 bits per heavy atom. The van der Waals surface area contributed by atoms with Gasteiger partial charge in [-0.15, -0.1) is 0 Å². The highest BCUT2D eigenvalue weighted by Gasteiger charge is 2.24. The van der Waals surface area contributed by atoms with E-state index in [1.165, 1.54) is 0 Å². The lowest BCUT2D eigenvalue weighted by atomic mass is 10.1. The van der Waals surface area contributed by atoms with Gasteiger partial charge in [0.2, 0.25) is 5.91 Å². The monoisotopic (exact) mass is 379 g/mol. The summed E-state index contributed by atoms with van der Waals surface area (Å²) < 4.78 is 7.07. The average molecular weight is 379 g/mol. The summed E-state index contributed by atoms with van der Waals surface area (Å²) in [7, 11) is 1.65. The van der Waals surface area contributed by atoms with Crippen LogP contribution in [0.15, 0.2) is 54.6 Å². The molecule has 2 aromatic carbocycles. The lowest BCUT2D eigenvalue weighted by molar-refractivity contribution is -0.116. The molecule has 0 saturated carbocycles. The number of carbonyl (C=O) groups excluding carboxylic acids is 1. The van der Waals surface area contributed by atoms with Gasteiger partial charge in [0.15, 0.2) is 0 Å². The highest BCUT2D eigenvalue weighted by molar-refractivity contribution is 7.98. The van der Waals surface area contributed by atoms with Gasteiger partial charge in [0.1, 0.15) is 11.6 Å². The molecule has 0 atom stereocenters. The lowest BCUT2D eigenvalue weighted by Gasteiger charge is -2.11. The normalized spacial score (nSPS) is 12.6. The van der Waals surface area contributed by atoms with Crippen molar-refractivity contribution in [3.05, 3.63) is 71.4 Å². The molecule has 4 rings (SSSR count). The van der Waals surface area contributed by atoms with E-state index in [2.05, 4.69) is 5.32 Å². The van der Waals surface area contributed by atoms with Gasteiger partial charge in [-0.3, -0.25) is 4.79 Å². The fourth-order valence-corrected chi connectivity index (χ4v) is 4.18. The molecule has 1 amide bonds. The fourth-order valence-electron chi connectivity index (χ4n) is 3.15. The van der Waals surface area contributed by atoms with Gasteiger partial charge < -0.3 is 10.1 Å². The number of thioether (sulfide) groups is 1. The van der Waals surface area contributed by atoms with Crippen molar-refractivity contribution >= 4 is 23.5 Å². The standard InChI is InChI=1S/C21H21N3O2S/c1-26-17-10-8-16(9-11-17)24-21(18-13-27-14-19(18)23-24)22-20(25)12-7-15-5-3-2-4-6-15/h2-6,8-11H,7,12-14H2,1H3,(H,22,25). The van der Waals surface area contributed by atoms with Gasteiger partial charge in [0, 0.05) is 23.5 Å². The van der Waals surface area contributed by atoms with E-state index < -0.39 is 0 Å². The third-order valence-corrected chi connectivity index (χ3v) is 5.58. The van der Waals surface area contributed by atoms with Crippen molar-refractivity contribution < 1.29 is 9.53 Å². The van der Waals surface area contributed by atoms with Crippen LogP contribution in [0.1, 0.15) is 23.2 Å². The van der Waals surface area contributed by atoms with Crippen LogP contribution in [0.2, 0.25) is 0 Å². The Labute approximate surface area is 162 Å². The lowest BCUT2D eigenvalue weighted by Crippen LogP contribution is -2.16. The Morgan fingerprint density at radius 1 is 1.15 bits per heavy atom. The molecule has 1 aromatic heterocycles. The van der Waals surface area contributed by atoms with E-state index in [0.29, 0.717) is 6.42 Å². The Balaban J connectivity index is 1.55. The molecule has 1 N–H and O–H groups in total. The largest absolute Gasteiger partial charge is 0.497 e. The third kappa shape index (κ3) is 3.85. The van der Waals surface area contributed by atoms with Crippen molar-refractivity contribution in [2.45, 2.75) is 24.3 Å². The van der Waals surface area contributed by atoms with E-state index >= 15 is 0 Å². The number of aromatic nitrogens is 2. The quantitative estimate of drug-likeness (QED) is 0.697. The average Bonchev–Trinajstić information content (AvgIpc) is 3.30. The molecule has 1 aliphatic rings. The van der Waals surface area contributed by atoms with E-state index in [0.717, 1.165) is 52.0 Å². The van der Waals surface area contributed by atoms with Gasteiger partial charge in [-0.25, -0.2) is 4.68 Å². The van der Waals surface area contributed by atoms with Crippen molar-refractivity contribution in [2.24, 2.45) is 0 Å². The molecule has 138 valence electrons. The minimum absolute atomic E-state index is 0.00761. The van der Waals surface area contributed by atoms with Crippen molar-refractivity contribution in [3.8, 4) is 11.4 Å². The van der Waals surface area contributed by atoms with Gasteiger partial charge in [-0.2, -0.15) is 16.9 Å². The van der Waals surface area contributed by atoms with Crippen LogP contribution in [-0.4, -0.2) is 22.8 Å². The van der Waals surface area contributed by atoms with Crippen LogP contribution in [0.5, 0.6) is 5.75 Å².